The minimum Gasteiger partial charge on any atom is -0.496 e. The molecule has 0 radical (unpaired) electrons. The van der Waals surface area contributed by atoms with Crippen LogP contribution in [0.4, 0.5) is 9.93 Å². The van der Waals surface area contributed by atoms with Crippen LogP contribution in [-0.2, 0) is 0 Å². The first-order valence-electron chi connectivity index (χ1n) is 14.4. The third kappa shape index (κ3) is 6.01. The lowest BCUT2D eigenvalue weighted by molar-refractivity contribution is 0.0421. The molecule has 3 aliphatic rings. The number of benzene rings is 1. The Balaban J connectivity index is 1.26. The van der Waals surface area contributed by atoms with E-state index in [0.717, 1.165) is 49.7 Å². The van der Waals surface area contributed by atoms with Gasteiger partial charge < -0.3 is 10.5 Å². The molecule has 5 rings (SSSR count). The summed E-state index contributed by atoms with van der Waals surface area (Å²) in [5.74, 6) is 1.51. The summed E-state index contributed by atoms with van der Waals surface area (Å²) in [6.45, 7) is 10.3. The molecule has 2 N–H and O–H groups in total. The number of amides is 2. The summed E-state index contributed by atoms with van der Waals surface area (Å²) in [6.07, 6.45) is 8.88. The fraction of sp³-hybridized carbons (Fsp3) is 0.655. The summed E-state index contributed by atoms with van der Waals surface area (Å²) < 4.78 is 5.80. The Bertz CT molecular complexity index is 1080. The van der Waals surface area contributed by atoms with E-state index in [1.807, 2.05) is 5.38 Å². The number of anilines is 1. The Kier molecular flexibility index (Phi) is 8.88. The molecular formula is C29H44N6O2S. The van der Waals surface area contributed by atoms with Crippen molar-refractivity contribution >= 4 is 22.5 Å². The summed E-state index contributed by atoms with van der Waals surface area (Å²) in [5, 5.41) is 6.29. The van der Waals surface area contributed by atoms with Gasteiger partial charge in [0.05, 0.1) is 12.8 Å². The number of hydrogen-bond acceptors (Lipinski definition) is 7. The van der Waals surface area contributed by atoms with Crippen LogP contribution >= 0.6 is 11.3 Å². The first-order chi connectivity index (χ1) is 18.4. The molecule has 1 aliphatic carbocycles. The van der Waals surface area contributed by atoms with Crippen LogP contribution in [0.15, 0.2) is 23.6 Å². The average Bonchev–Trinajstić information content (AvgIpc) is 3.43. The van der Waals surface area contributed by atoms with Crippen LogP contribution in [0.3, 0.4) is 0 Å². The fourth-order valence-electron chi connectivity index (χ4n) is 6.50. The van der Waals surface area contributed by atoms with Gasteiger partial charge in [-0.15, -0.1) is 11.3 Å². The van der Waals surface area contributed by atoms with E-state index in [-0.39, 0.29) is 0 Å². The maximum atomic E-state index is 12.6. The summed E-state index contributed by atoms with van der Waals surface area (Å²) in [5.41, 5.74) is 9.05. The zero-order chi connectivity index (χ0) is 26.6. The zero-order valence-electron chi connectivity index (χ0n) is 23.3. The van der Waals surface area contributed by atoms with Crippen molar-refractivity contribution in [1.82, 2.24) is 19.8 Å². The molecular weight excluding hydrogens is 496 g/mol. The molecule has 3 heterocycles. The van der Waals surface area contributed by atoms with Gasteiger partial charge in [0.25, 0.3) is 0 Å². The van der Waals surface area contributed by atoms with Crippen molar-refractivity contribution in [2.75, 3.05) is 51.4 Å². The number of aromatic nitrogens is 1. The number of methoxy groups -OCH3 is 1. The van der Waals surface area contributed by atoms with E-state index in [0.29, 0.717) is 23.1 Å². The highest BCUT2D eigenvalue weighted by Gasteiger charge is 2.33. The summed E-state index contributed by atoms with van der Waals surface area (Å²) in [7, 11) is 1.75. The molecule has 1 unspecified atom stereocenters. The van der Waals surface area contributed by atoms with Crippen molar-refractivity contribution in [3.05, 3.63) is 29.1 Å². The molecule has 8 nitrogen and oxygen atoms in total. The molecule has 1 aromatic carbocycles. The van der Waals surface area contributed by atoms with Gasteiger partial charge in [0, 0.05) is 55.8 Å². The number of likely N-dealkylation sites (tertiary alicyclic amines) is 1. The van der Waals surface area contributed by atoms with Gasteiger partial charge >= 0.3 is 6.03 Å². The van der Waals surface area contributed by atoms with E-state index in [1.165, 1.54) is 68.4 Å². The molecule has 3 fully saturated rings. The minimum atomic E-state index is -0.478. The zero-order valence-corrected chi connectivity index (χ0v) is 24.1. The maximum absolute atomic E-state index is 12.6. The van der Waals surface area contributed by atoms with Crippen LogP contribution in [0.1, 0.15) is 70.3 Å². The molecule has 208 valence electrons. The van der Waals surface area contributed by atoms with E-state index in [1.54, 1.807) is 12.1 Å². The number of piperidine rings is 1. The molecule has 2 aliphatic heterocycles. The third-order valence-corrected chi connectivity index (χ3v) is 9.52. The number of rotatable bonds is 7. The molecule has 9 heteroatoms. The Labute approximate surface area is 231 Å². The van der Waals surface area contributed by atoms with Crippen LogP contribution in [-0.4, -0.2) is 84.3 Å². The van der Waals surface area contributed by atoms with Gasteiger partial charge in [0.1, 0.15) is 5.75 Å². The minimum absolute atomic E-state index is 0.478. The van der Waals surface area contributed by atoms with E-state index in [2.05, 4.69) is 46.9 Å². The van der Waals surface area contributed by atoms with Gasteiger partial charge in [0.15, 0.2) is 0 Å². The molecule has 0 bridgehead atoms. The lowest BCUT2D eigenvalue weighted by Crippen LogP contribution is -2.60. The predicted octanol–water partition coefficient (Wildman–Crippen LogP) is 5.16. The number of urea groups is 1. The number of thiazole rings is 1. The fourth-order valence-corrected chi connectivity index (χ4v) is 7.36. The number of hydrogen-bond donors (Lipinski definition) is 1. The normalized spacial score (nSPS) is 22.6. The molecule has 38 heavy (non-hydrogen) atoms. The van der Waals surface area contributed by atoms with Crippen molar-refractivity contribution < 1.29 is 9.53 Å². The van der Waals surface area contributed by atoms with Crippen molar-refractivity contribution in [3.8, 4) is 17.0 Å². The van der Waals surface area contributed by atoms with Gasteiger partial charge in [-0.2, -0.15) is 5.01 Å². The SMILES string of the molecule is COc1cc(-c2csc(N(C(N)=O)N3CCN(C4CCCN(C(C)C)C4)CC3)n2)ccc1C1CCCCC1. The highest BCUT2D eigenvalue weighted by molar-refractivity contribution is 7.14. The first kappa shape index (κ1) is 27.4. The number of ether oxygens (including phenoxy) is 1. The van der Waals surface area contributed by atoms with Crippen molar-refractivity contribution in [1.29, 1.82) is 0 Å². The molecule has 0 spiro atoms. The largest absolute Gasteiger partial charge is 0.496 e. The second-order valence-corrected chi connectivity index (χ2v) is 12.2. The van der Waals surface area contributed by atoms with Crippen LogP contribution in [0, 0.1) is 0 Å². The lowest BCUT2D eigenvalue weighted by atomic mass is 9.83. The maximum Gasteiger partial charge on any atom is 0.336 e. The Morgan fingerprint density at radius 1 is 1.08 bits per heavy atom. The topological polar surface area (TPSA) is 78.2 Å². The smallest absolute Gasteiger partial charge is 0.336 e. The number of primary amides is 1. The van der Waals surface area contributed by atoms with Gasteiger partial charge in [-0.1, -0.05) is 31.4 Å². The van der Waals surface area contributed by atoms with E-state index in [9.17, 15) is 4.79 Å². The molecule has 1 aromatic heterocycles. The molecule has 1 saturated carbocycles. The molecule has 2 aromatic rings. The third-order valence-electron chi connectivity index (χ3n) is 8.70. The van der Waals surface area contributed by atoms with Gasteiger partial charge in [-0.05, 0) is 63.6 Å². The summed E-state index contributed by atoms with van der Waals surface area (Å²) in [6, 6.07) is 7.15. The Hall–Kier alpha value is -2.20. The molecule has 2 saturated heterocycles. The number of carbonyl (C=O) groups is 1. The van der Waals surface area contributed by atoms with Crippen LogP contribution in [0.5, 0.6) is 5.75 Å². The van der Waals surface area contributed by atoms with Crippen molar-refractivity contribution in [2.24, 2.45) is 5.73 Å². The van der Waals surface area contributed by atoms with Crippen LogP contribution in [0.25, 0.3) is 11.3 Å². The lowest BCUT2D eigenvalue weighted by Gasteiger charge is -2.45. The standard InChI is InChI=1S/C29H44N6O2S/c1-21(2)33-13-7-10-24(19-33)32-14-16-34(17-15-32)35(28(30)36)29-31-26(20-38-29)23-11-12-25(27(18-23)37-3)22-8-5-4-6-9-22/h11-12,18,20-22,24H,4-10,13-17,19H2,1-3H3,(H2,30,36). The quantitative estimate of drug-likeness (QED) is 0.523. The number of hydrazine groups is 1. The summed E-state index contributed by atoms with van der Waals surface area (Å²) >= 11 is 1.46. The Morgan fingerprint density at radius 3 is 2.53 bits per heavy atom. The second-order valence-electron chi connectivity index (χ2n) is 11.3. The highest BCUT2D eigenvalue weighted by atomic mass is 32.1. The van der Waals surface area contributed by atoms with Crippen molar-refractivity contribution in [3.63, 3.8) is 0 Å². The Morgan fingerprint density at radius 2 is 1.84 bits per heavy atom. The van der Waals surface area contributed by atoms with Crippen molar-refractivity contribution in [2.45, 2.75) is 76.8 Å². The van der Waals surface area contributed by atoms with Gasteiger partial charge in [-0.3, -0.25) is 9.80 Å². The van der Waals surface area contributed by atoms with Gasteiger partial charge in [0.2, 0.25) is 5.13 Å². The van der Waals surface area contributed by atoms with Crippen LogP contribution < -0.4 is 15.5 Å². The van der Waals surface area contributed by atoms with E-state index in [4.69, 9.17) is 15.5 Å². The highest BCUT2D eigenvalue weighted by Crippen LogP contribution is 2.40. The molecule has 2 amide bonds. The van der Waals surface area contributed by atoms with Gasteiger partial charge in [-0.25, -0.2) is 14.8 Å². The molecule has 1 atom stereocenters. The number of nitrogens with zero attached hydrogens (tertiary/aromatic N) is 5. The predicted molar refractivity (Wildman–Crippen MR) is 155 cm³/mol. The van der Waals surface area contributed by atoms with E-state index < -0.39 is 6.03 Å². The summed E-state index contributed by atoms with van der Waals surface area (Å²) in [4.78, 5) is 22.6. The number of nitrogens with two attached hydrogens (primary N) is 1. The second kappa shape index (κ2) is 12.3. The number of carbonyl (C=O) groups excluding carboxylic acids is 1. The average molecular weight is 541 g/mol. The number of piperazine rings is 1. The van der Waals surface area contributed by atoms with Crippen LogP contribution in [0.2, 0.25) is 0 Å². The van der Waals surface area contributed by atoms with E-state index >= 15 is 0 Å². The monoisotopic (exact) mass is 540 g/mol. The first-order valence-corrected chi connectivity index (χ1v) is 15.3.